The highest BCUT2D eigenvalue weighted by Crippen LogP contribution is 2.34. The van der Waals surface area contributed by atoms with Gasteiger partial charge in [0.25, 0.3) is 0 Å². The molecule has 2 aliphatic rings. The molecule has 0 unspecified atom stereocenters. The molecular formula is C25H31NO2S. The standard InChI is InChI=1S/C25H31NO2S/c1-20(22-16-18-26(19-17-22)23-8-4-2-5-9-23)21-12-14-25(15-13-21)29(27,28)24-10-6-3-7-11-24/h3,6-7,10-15,22-23H,1-2,4-5,8-9,16-19H2. The first-order valence-corrected chi connectivity index (χ1v) is 12.4. The summed E-state index contributed by atoms with van der Waals surface area (Å²) in [5.41, 5.74) is 2.21. The Kier molecular flexibility index (Phi) is 6.21. The van der Waals surface area contributed by atoms with Crippen molar-refractivity contribution in [3.63, 3.8) is 0 Å². The van der Waals surface area contributed by atoms with Crippen molar-refractivity contribution in [2.24, 2.45) is 5.92 Å². The molecule has 1 saturated carbocycles. The lowest BCUT2D eigenvalue weighted by molar-refractivity contribution is 0.119. The Hall–Kier alpha value is -1.91. The third-order valence-corrected chi connectivity index (χ3v) is 8.49. The minimum Gasteiger partial charge on any atom is -0.300 e. The van der Waals surface area contributed by atoms with Crippen LogP contribution in [0.3, 0.4) is 0 Å². The molecule has 2 aromatic carbocycles. The highest BCUT2D eigenvalue weighted by molar-refractivity contribution is 7.91. The third-order valence-electron chi connectivity index (χ3n) is 6.70. The van der Waals surface area contributed by atoms with Crippen LogP contribution in [-0.2, 0) is 9.84 Å². The van der Waals surface area contributed by atoms with Crippen molar-refractivity contribution in [2.75, 3.05) is 13.1 Å². The highest BCUT2D eigenvalue weighted by Gasteiger charge is 2.27. The van der Waals surface area contributed by atoms with Crippen LogP contribution in [0.25, 0.3) is 5.57 Å². The maximum Gasteiger partial charge on any atom is 0.206 e. The van der Waals surface area contributed by atoms with E-state index in [0.29, 0.717) is 15.7 Å². The van der Waals surface area contributed by atoms with Gasteiger partial charge in [0.2, 0.25) is 9.84 Å². The molecule has 0 spiro atoms. The first kappa shape index (κ1) is 20.4. The fraction of sp³-hybridized carbons (Fsp3) is 0.440. The molecule has 4 heteroatoms. The Labute approximate surface area is 175 Å². The lowest BCUT2D eigenvalue weighted by Crippen LogP contribution is -2.42. The number of rotatable bonds is 5. The number of allylic oxidation sites excluding steroid dienone is 1. The predicted molar refractivity (Wildman–Crippen MR) is 119 cm³/mol. The fourth-order valence-electron chi connectivity index (χ4n) is 4.88. The Morgan fingerprint density at radius 1 is 0.793 bits per heavy atom. The lowest BCUT2D eigenvalue weighted by Gasteiger charge is -2.39. The number of hydrogen-bond acceptors (Lipinski definition) is 3. The van der Waals surface area contributed by atoms with Gasteiger partial charge in [-0.25, -0.2) is 8.42 Å². The number of likely N-dealkylation sites (tertiary alicyclic amines) is 1. The van der Waals surface area contributed by atoms with E-state index < -0.39 is 9.84 Å². The molecule has 0 aromatic heterocycles. The lowest BCUT2D eigenvalue weighted by atomic mass is 9.84. The van der Waals surface area contributed by atoms with E-state index in [-0.39, 0.29) is 0 Å². The average molecular weight is 410 g/mol. The van der Waals surface area contributed by atoms with Crippen LogP contribution in [0.1, 0.15) is 50.5 Å². The van der Waals surface area contributed by atoms with Gasteiger partial charge in [-0.2, -0.15) is 0 Å². The summed E-state index contributed by atoms with van der Waals surface area (Å²) >= 11 is 0. The van der Waals surface area contributed by atoms with Crippen LogP contribution >= 0.6 is 0 Å². The first-order valence-electron chi connectivity index (χ1n) is 10.9. The van der Waals surface area contributed by atoms with Gasteiger partial charge in [0.15, 0.2) is 0 Å². The molecule has 0 amide bonds. The second-order valence-electron chi connectivity index (χ2n) is 8.47. The highest BCUT2D eigenvalue weighted by atomic mass is 32.2. The second-order valence-corrected chi connectivity index (χ2v) is 10.4. The summed E-state index contributed by atoms with van der Waals surface area (Å²) in [5.74, 6) is 0.492. The molecule has 1 aliphatic heterocycles. The van der Waals surface area contributed by atoms with Crippen LogP contribution in [0.4, 0.5) is 0 Å². The largest absolute Gasteiger partial charge is 0.300 e. The van der Waals surface area contributed by atoms with Gasteiger partial charge in [-0.15, -0.1) is 0 Å². The van der Waals surface area contributed by atoms with E-state index in [1.54, 1.807) is 36.4 Å². The van der Waals surface area contributed by atoms with Crippen LogP contribution in [0, 0.1) is 5.92 Å². The van der Waals surface area contributed by atoms with Crippen LogP contribution in [0.5, 0.6) is 0 Å². The van der Waals surface area contributed by atoms with Gasteiger partial charge in [0, 0.05) is 6.04 Å². The molecule has 2 fully saturated rings. The first-order chi connectivity index (χ1) is 14.1. The quantitative estimate of drug-likeness (QED) is 0.647. The van der Waals surface area contributed by atoms with E-state index in [0.717, 1.165) is 43.1 Å². The molecule has 0 atom stereocenters. The maximum atomic E-state index is 12.8. The van der Waals surface area contributed by atoms with Crippen molar-refractivity contribution in [1.29, 1.82) is 0 Å². The third kappa shape index (κ3) is 4.49. The summed E-state index contributed by atoms with van der Waals surface area (Å²) in [6.07, 6.45) is 9.20. The molecule has 4 rings (SSSR count). The smallest absolute Gasteiger partial charge is 0.206 e. The zero-order valence-electron chi connectivity index (χ0n) is 17.1. The van der Waals surface area contributed by atoms with Gasteiger partial charge < -0.3 is 4.90 Å². The molecule has 1 heterocycles. The van der Waals surface area contributed by atoms with E-state index >= 15 is 0 Å². The Bertz CT molecular complexity index is 921. The molecule has 0 bridgehead atoms. The maximum absolute atomic E-state index is 12.8. The number of hydrogen-bond donors (Lipinski definition) is 0. The van der Waals surface area contributed by atoms with Gasteiger partial charge in [-0.05, 0) is 80.1 Å². The summed E-state index contributed by atoms with van der Waals surface area (Å²) in [7, 11) is -3.46. The van der Waals surface area contributed by atoms with Gasteiger partial charge in [-0.3, -0.25) is 0 Å². The number of nitrogens with zero attached hydrogens (tertiary/aromatic N) is 1. The molecule has 3 nitrogen and oxygen atoms in total. The van der Waals surface area contributed by atoms with Crippen LogP contribution in [-0.4, -0.2) is 32.4 Å². The molecule has 154 valence electrons. The van der Waals surface area contributed by atoms with Crippen molar-refractivity contribution in [3.8, 4) is 0 Å². The SMILES string of the molecule is C=C(c1ccc(S(=O)(=O)c2ccccc2)cc1)C1CCN(C2CCCCC2)CC1. The molecule has 29 heavy (non-hydrogen) atoms. The van der Waals surface area contributed by atoms with E-state index in [1.165, 1.54) is 32.1 Å². The summed E-state index contributed by atoms with van der Waals surface area (Å²) in [6, 6.07) is 16.7. The molecular weight excluding hydrogens is 378 g/mol. The fourth-order valence-corrected chi connectivity index (χ4v) is 6.16. The van der Waals surface area contributed by atoms with E-state index in [2.05, 4.69) is 11.5 Å². The number of benzene rings is 2. The van der Waals surface area contributed by atoms with Crippen LogP contribution in [0.15, 0.2) is 71.0 Å². The van der Waals surface area contributed by atoms with Crippen molar-refractivity contribution in [2.45, 2.75) is 60.8 Å². The molecule has 2 aromatic rings. The Morgan fingerprint density at radius 2 is 1.38 bits per heavy atom. The minimum atomic E-state index is -3.46. The minimum absolute atomic E-state index is 0.335. The van der Waals surface area contributed by atoms with Crippen molar-refractivity contribution in [3.05, 3.63) is 66.7 Å². The zero-order valence-corrected chi connectivity index (χ0v) is 17.9. The second kappa shape index (κ2) is 8.85. The zero-order chi connectivity index (χ0) is 20.3. The van der Waals surface area contributed by atoms with Crippen molar-refractivity contribution < 1.29 is 8.42 Å². The summed E-state index contributed by atoms with van der Waals surface area (Å²) < 4.78 is 25.6. The molecule has 1 aliphatic carbocycles. The van der Waals surface area contributed by atoms with Crippen LogP contribution in [0.2, 0.25) is 0 Å². The number of sulfone groups is 1. The molecule has 1 saturated heterocycles. The molecule has 0 radical (unpaired) electrons. The van der Waals surface area contributed by atoms with Crippen molar-refractivity contribution >= 4 is 15.4 Å². The predicted octanol–water partition coefficient (Wildman–Crippen LogP) is 5.58. The van der Waals surface area contributed by atoms with Gasteiger partial charge >= 0.3 is 0 Å². The van der Waals surface area contributed by atoms with Gasteiger partial charge in [0.1, 0.15) is 0 Å². The topological polar surface area (TPSA) is 37.4 Å². The van der Waals surface area contributed by atoms with Gasteiger partial charge in [0.05, 0.1) is 9.79 Å². The monoisotopic (exact) mass is 409 g/mol. The summed E-state index contributed by atoms with van der Waals surface area (Å²) in [4.78, 5) is 3.37. The van der Waals surface area contributed by atoms with Crippen molar-refractivity contribution in [1.82, 2.24) is 4.90 Å². The average Bonchev–Trinajstić information content (AvgIpc) is 2.80. The Morgan fingerprint density at radius 3 is 2.00 bits per heavy atom. The normalized spacial score (nSPS) is 19.9. The van der Waals surface area contributed by atoms with Crippen LogP contribution < -0.4 is 0 Å². The van der Waals surface area contributed by atoms with Gasteiger partial charge in [-0.1, -0.05) is 56.2 Å². The summed E-state index contributed by atoms with van der Waals surface area (Å²) in [6.45, 7) is 6.69. The van der Waals surface area contributed by atoms with E-state index in [9.17, 15) is 8.42 Å². The summed E-state index contributed by atoms with van der Waals surface area (Å²) in [5, 5.41) is 0. The number of piperidine rings is 1. The Balaban J connectivity index is 1.40. The van der Waals surface area contributed by atoms with E-state index in [1.807, 2.05) is 18.2 Å². The molecule has 0 N–H and O–H groups in total. The van der Waals surface area contributed by atoms with E-state index in [4.69, 9.17) is 0 Å².